The van der Waals surface area contributed by atoms with Gasteiger partial charge in [0.15, 0.2) is 0 Å². The number of nitrogens with one attached hydrogen (secondary N) is 1. The highest BCUT2D eigenvalue weighted by molar-refractivity contribution is 6.05. The molecule has 0 aliphatic heterocycles. The molecule has 2 aromatic rings. The summed E-state index contributed by atoms with van der Waals surface area (Å²) in [5.41, 5.74) is 3.31. The van der Waals surface area contributed by atoms with E-state index >= 15 is 0 Å². The van der Waals surface area contributed by atoms with E-state index in [9.17, 15) is 4.79 Å². The third-order valence-electron chi connectivity index (χ3n) is 3.85. The Morgan fingerprint density at radius 1 is 1.29 bits per heavy atom. The van der Waals surface area contributed by atoms with Gasteiger partial charge in [0.05, 0.1) is 5.69 Å². The summed E-state index contributed by atoms with van der Waals surface area (Å²) in [4.78, 5) is 12.3. The fraction of sp³-hybridized carbons (Fsp3) is 0.412. The lowest BCUT2D eigenvalue weighted by atomic mass is 9.98. The van der Waals surface area contributed by atoms with Crippen molar-refractivity contribution in [2.75, 3.05) is 5.32 Å². The molecular formula is C17H22N2O2. The molecule has 0 aliphatic carbocycles. The quantitative estimate of drug-likeness (QED) is 0.891. The smallest absolute Gasteiger partial charge is 0.261 e. The highest BCUT2D eigenvalue weighted by Gasteiger charge is 2.19. The number of carbonyl (C=O) groups is 1. The molecule has 0 saturated heterocycles. The zero-order chi connectivity index (χ0) is 15.4. The first-order valence-electron chi connectivity index (χ1n) is 7.43. The van der Waals surface area contributed by atoms with E-state index in [0.29, 0.717) is 29.4 Å². The molecule has 1 aromatic carbocycles. The molecule has 2 rings (SSSR count). The van der Waals surface area contributed by atoms with Gasteiger partial charge in [-0.3, -0.25) is 4.79 Å². The molecule has 0 saturated carbocycles. The lowest BCUT2D eigenvalue weighted by Gasteiger charge is -2.10. The Bertz CT molecular complexity index is 614. The van der Waals surface area contributed by atoms with E-state index < -0.39 is 0 Å². The van der Waals surface area contributed by atoms with Gasteiger partial charge in [-0.1, -0.05) is 38.1 Å². The summed E-state index contributed by atoms with van der Waals surface area (Å²) < 4.78 is 5.10. The molecule has 0 unspecified atom stereocenters. The van der Waals surface area contributed by atoms with Gasteiger partial charge in [-0.25, -0.2) is 0 Å². The molecule has 0 radical (unpaired) electrons. The van der Waals surface area contributed by atoms with Crippen LogP contribution in [-0.4, -0.2) is 11.1 Å². The number of hydrogen-bond acceptors (Lipinski definition) is 3. The van der Waals surface area contributed by atoms with E-state index in [1.165, 1.54) is 5.56 Å². The highest BCUT2D eigenvalue weighted by atomic mass is 16.5. The number of anilines is 1. The Morgan fingerprint density at radius 2 is 1.95 bits per heavy atom. The summed E-state index contributed by atoms with van der Waals surface area (Å²) in [6.07, 6.45) is 1.78. The minimum Gasteiger partial charge on any atom is -0.361 e. The van der Waals surface area contributed by atoms with E-state index in [-0.39, 0.29) is 5.91 Å². The van der Waals surface area contributed by atoms with Gasteiger partial charge in [-0.2, -0.15) is 0 Å². The second-order valence-electron chi connectivity index (χ2n) is 5.30. The van der Waals surface area contributed by atoms with E-state index in [1.807, 2.05) is 19.1 Å². The molecule has 1 amide bonds. The van der Waals surface area contributed by atoms with Crippen molar-refractivity contribution in [2.24, 2.45) is 0 Å². The number of hydrogen-bond donors (Lipinski definition) is 1. The van der Waals surface area contributed by atoms with Crippen LogP contribution in [0.15, 0.2) is 28.8 Å². The fourth-order valence-electron chi connectivity index (χ4n) is 2.27. The zero-order valence-electron chi connectivity index (χ0n) is 13.1. The molecule has 0 spiro atoms. The van der Waals surface area contributed by atoms with Gasteiger partial charge in [0.1, 0.15) is 11.3 Å². The molecule has 1 heterocycles. The second-order valence-corrected chi connectivity index (χ2v) is 5.30. The number of benzene rings is 1. The monoisotopic (exact) mass is 286 g/mol. The van der Waals surface area contributed by atoms with E-state index in [0.717, 1.165) is 12.1 Å². The minimum absolute atomic E-state index is 0.165. The molecule has 0 fully saturated rings. The molecule has 1 aromatic heterocycles. The van der Waals surface area contributed by atoms with Crippen molar-refractivity contribution >= 4 is 11.6 Å². The van der Waals surface area contributed by atoms with E-state index in [4.69, 9.17) is 4.52 Å². The Kier molecular flexibility index (Phi) is 4.78. The summed E-state index contributed by atoms with van der Waals surface area (Å²) in [7, 11) is 0. The van der Waals surface area contributed by atoms with Crippen molar-refractivity contribution in [1.29, 1.82) is 0 Å². The Morgan fingerprint density at radius 3 is 2.52 bits per heavy atom. The maximum atomic E-state index is 12.3. The average molecular weight is 286 g/mol. The van der Waals surface area contributed by atoms with Crippen LogP contribution < -0.4 is 5.32 Å². The summed E-state index contributed by atoms with van der Waals surface area (Å²) in [6.45, 7) is 8.07. The lowest BCUT2D eigenvalue weighted by molar-refractivity contribution is 0.102. The third kappa shape index (κ3) is 3.32. The molecule has 4 heteroatoms. The summed E-state index contributed by atoms with van der Waals surface area (Å²) in [5.74, 6) is 0.921. The van der Waals surface area contributed by atoms with Crippen LogP contribution in [0.5, 0.6) is 0 Å². The molecule has 1 atom stereocenters. The van der Waals surface area contributed by atoms with E-state index in [1.54, 1.807) is 6.92 Å². The van der Waals surface area contributed by atoms with Crippen LogP contribution in [0.3, 0.4) is 0 Å². The van der Waals surface area contributed by atoms with Crippen LogP contribution in [0.25, 0.3) is 0 Å². The number of carbonyl (C=O) groups excluding carboxylic acids is 1. The Balaban J connectivity index is 2.14. The maximum absolute atomic E-state index is 12.3. The first kappa shape index (κ1) is 15.3. The van der Waals surface area contributed by atoms with Crippen molar-refractivity contribution in [3.8, 4) is 0 Å². The summed E-state index contributed by atoms with van der Waals surface area (Å²) >= 11 is 0. The lowest BCUT2D eigenvalue weighted by Crippen LogP contribution is -2.14. The van der Waals surface area contributed by atoms with Gasteiger partial charge in [0.25, 0.3) is 5.91 Å². The standard InChI is InChI=1S/C17H22N2O2/c1-5-11(3)13-7-9-14(10-8-13)18-17(20)16-12(4)21-19-15(16)6-2/h7-11H,5-6H2,1-4H3,(H,18,20)/t11-/m1/s1. The number of rotatable bonds is 5. The molecular weight excluding hydrogens is 264 g/mol. The van der Waals surface area contributed by atoms with E-state index in [2.05, 4.69) is 36.5 Å². The molecule has 0 aliphatic rings. The predicted octanol–water partition coefficient (Wildman–Crippen LogP) is 4.31. The van der Waals surface area contributed by atoms with Crippen LogP contribution in [0.2, 0.25) is 0 Å². The number of nitrogens with zero attached hydrogens (tertiary/aromatic N) is 1. The van der Waals surface area contributed by atoms with Crippen molar-refractivity contribution in [1.82, 2.24) is 5.16 Å². The Labute approximate surface area is 125 Å². The molecule has 21 heavy (non-hydrogen) atoms. The van der Waals surface area contributed by atoms with Crippen LogP contribution >= 0.6 is 0 Å². The topological polar surface area (TPSA) is 55.1 Å². The first-order chi connectivity index (χ1) is 10.1. The number of aryl methyl sites for hydroxylation is 2. The maximum Gasteiger partial charge on any atom is 0.261 e. The number of aromatic nitrogens is 1. The molecule has 1 N–H and O–H groups in total. The predicted molar refractivity (Wildman–Crippen MR) is 83.7 cm³/mol. The van der Waals surface area contributed by atoms with Crippen molar-refractivity contribution in [3.05, 3.63) is 46.8 Å². The van der Waals surface area contributed by atoms with Crippen molar-refractivity contribution < 1.29 is 9.32 Å². The van der Waals surface area contributed by atoms with Gasteiger partial charge in [-0.05, 0) is 43.4 Å². The largest absolute Gasteiger partial charge is 0.361 e. The van der Waals surface area contributed by atoms with Gasteiger partial charge in [0.2, 0.25) is 0 Å². The van der Waals surface area contributed by atoms with Gasteiger partial charge in [0, 0.05) is 5.69 Å². The molecule has 4 nitrogen and oxygen atoms in total. The zero-order valence-corrected chi connectivity index (χ0v) is 13.1. The second kappa shape index (κ2) is 6.57. The minimum atomic E-state index is -0.165. The van der Waals surface area contributed by atoms with Crippen LogP contribution in [0.1, 0.15) is 60.5 Å². The average Bonchev–Trinajstić information content (AvgIpc) is 2.88. The first-order valence-corrected chi connectivity index (χ1v) is 7.43. The third-order valence-corrected chi connectivity index (χ3v) is 3.85. The summed E-state index contributed by atoms with van der Waals surface area (Å²) in [6, 6.07) is 8.00. The van der Waals surface area contributed by atoms with Crippen LogP contribution in [0, 0.1) is 6.92 Å². The molecule has 0 bridgehead atoms. The SMILES string of the molecule is CCc1noc(C)c1C(=O)Nc1ccc([C@H](C)CC)cc1. The number of amides is 1. The molecule has 112 valence electrons. The highest BCUT2D eigenvalue weighted by Crippen LogP contribution is 2.21. The summed E-state index contributed by atoms with van der Waals surface area (Å²) in [5, 5.41) is 6.81. The van der Waals surface area contributed by atoms with Gasteiger partial charge in [-0.15, -0.1) is 0 Å². The van der Waals surface area contributed by atoms with Crippen LogP contribution in [0.4, 0.5) is 5.69 Å². The Hall–Kier alpha value is -2.10. The van der Waals surface area contributed by atoms with Gasteiger partial charge >= 0.3 is 0 Å². The normalized spacial score (nSPS) is 12.2. The van der Waals surface area contributed by atoms with Crippen molar-refractivity contribution in [2.45, 2.75) is 46.5 Å². The van der Waals surface area contributed by atoms with Crippen LogP contribution in [-0.2, 0) is 6.42 Å². The van der Waals surface area contributed by atoms with Gasteiger partial charge < -0.3 is 9.84 Å². The fourth-order valence-corrected chi connectivity index (χ4v) is 2.27. The van der Waals surface area contributed by atoms with Crippen molar-refractivity contribution in [3.63, 3.8) is 0 Å².